The summed E-state index contributed by atoms with van der Waals surface area (Å²) in [5.41, 5.74) is 7.39. The summed E-state index contributed by atoms with van der Waals surface area (Å²) in [7, 11) is 4.59. The number of anilines is 3. The zero-order chi connectivity index (χ0) is 22.8. The van der Waals surface area contributed by atoms with Gasteiger partial charge < -0.3 is 25.3 Å². The number of halogens is 2. The molecule has 0 spiro atoms. The Morgan fingerprint density at radius 3 is 2.31 bits per heavy atom. The fourth-order valence-corrected chi connectivity index (χ4v) is 4.84. The van der Waals surface area contributed by atoms with E-state index in [-0.39, 0.29) is 11.4 Å². The van der Waals surface area contributed by atoms with Gasteiger partial charge in [-0.05, 0) is 12.1 Å². The zero-order valence-corrected chi connectivity index (χ0v) is 18.9. The highest BCUT2D eigenvalue weighted by molar-refractivity contribution is 7.23. The van der Waals surface area contributed by atoms with Gasteiger partial charge in [-0.25, -0.2) is 18.7 Å². The third-order valence-electron chi connectivity index (χ3n) is 4.47. The highest BCUT2D eigenvalue weighted by atomic mass is 32.1. The van der Waals surface area contributed by atoms with Crippen molar-refractivity contribution in [3.63, 3.8) is 0 Å². The number of rotatable bonds is 7. The molecule has 4 rings (SSSR count). The van der Waals surface area contributed by atoms with Crippen LogP contribution in [0.15, 0.2) is 35.7 Å². The van der Waals surface area contributed by atoms with E-state index < -0.39 is 11.6 Å². The molecule has 0 aliphatic rings. The molecule has 0 atom stereocenters. The number of benzene rings is 2. The lowest BCUT2D eigenvalue weighted by Crippen LogP contribution is -1.97. The molecular formula is C21H18F2N4O3S2. The van der Waals surface area contributed by atoms with Gasteiger partial charge in [-0.2, -0.15) is 0 Å². The number of nitrogens with two attached hydrogens (primary N) is 1. The quantitative estimate of drug-likeness (QED) is 0.361. The first-order chi connectivity index (χ1) is 15.4. The number of nitrogen functional groups attached to an aromatic ring is 1. The predicted octanol–water partition coefficient (Wildman–Crippen LogP) is 5.56. The average Bonchev–Trinajstić information content (AvgIpc) is 3.39. The summed E-state index contributed by atoms with van der Waals surface area (Å²) in [6, 6.07) is 6.87. The summed E-state index contributed by atoms with van der Waals surface area (Å²) in [5, 5.41) is 5.97. The van der Waals surface area contributed by atoms with Crippen molar-refractivity contribution < 1.29 is 23.0 Å². The molecular weight excluding hydrogens is 458 g/mol. The van der Waals surface area contributed by atoms with Gasteiger partial charge in [-0.15, -0.1) is 11.3 Å². The van der Waals surface area contributed by atoms with E-state index in [2.05, 4.69) is 15.3 Å². The van der Waals surface area contributed by atoms with Crippen LogP contribution in [0.2, 0.25) is 0 Å². The van der Waals surface area contributed by atoms with Gasteiger partial charge in [0.15, 0.2) is 16.6 Å². The van der Waals surface area contributed by atoms with Gasteiger partial charge in [-0.3, -0.25) is 0 Å². The molecule has 11 heteroatoms. The fourth-order valence-electron chi connectivity index (χ4n) is 3.01. The molecule has 166 valence electrons. The van der Waals surface area contributed by atoms with Crippen LogP contribution in [0.25, 0.3) is 21.1 Å². The van der Waals surface area contributed by atoms with Gasteiger partial charge in [0, 0.05) is 34.8 Å². The van der Waals surface area contributed by atoms with Crippen molar-refractivity contribution in [2.45, 2.75) is 0 Å². The zero-order valence-electron chi connectivity index (χ0n) is 17.2. The van der Waals surface area contributed by atoms with Crippen LogP contribution < -0.4 is 25.3 Å². The second-order valence-corrected chi connectivity index (χ2v) is 8.29. The summed E-state index contributed by atoms with van der Waals surface area (Å²) < 4.78 is 43.4. The molecule has 0 fully saturated rings. The lowest BCUT2D eigenvalue weighted by Gasteiger charge is -2.14. The average molecular weight is 477 g/mol. The molecule has 0 saturated heterocycles. The molecule has 2 aromatic heterocycles. The van der Waals surface area contributed by atoms with E-state index >= 15 is 0 Å². The van der Waals surface area contributed by atoms with Crippen LogP contribution in [-0.4, -0.2) is 31.3 Å². The second kappa shape index (κ2) is 8.97. The molecule has 3 N–H and O–H groups in total. The van der Waals surface area contributed by atoms with Crippen LogP contribution in [0.3, 0.4) is 0 Å². The van der Waals surface area contributed by atoms with E-state index in [1.165, 1.54) is 56.1 Å². The number of thiazole rings is 2. The SMILES string of the molecule is COc1cc(Nc2nc(N)c(-c3nc(-c4ccc(F)cc4F)cs3)s2)cc(OC)c1OC. The first kappa shape index (κ1) is 21.8. The second-order valence-electron chi connectivity index (χ2n) is 6.43. The third-order valence-corrected chi connectivity index (χ3v) is 6.46. The topological polar surface area (TPSA) is 91.5 Å². The first-order valence-corrected chi connectivity index (χ1v) is 10.9. The molecule has 7 nitrogen and oxygen atoms in total. The van der Waals surface area contributed by atoms with Crippen molar-refractivity contribution in [3.05, 3.63) is 47.3 Å². The summed E-state index contributed by atoms with van der Waals surface area (Å²) in [6.45, 7) is 0. The Morgan fingerprint density at radius 2 is 1.69 bits per heavy atom. The number of methoxy groups -OCH3 is 3. The Labute approximate surface area is 190 Å². The molecule has 0 bridgehead atoms. The number of aromatic nitrogens is 2. The van der Waals surface area contributed by atoms with Crippen LogP contribution in [-0.2, 0) is 0 Å². The van der Waals surface area contributed by atoms with Gasteiger partial charge >= 0.3 is 0 Å². The normalized spacial score (nSPS) is 10.8. The van der Waals surface area contributed by atoms with Gasteiger partial charge in [0.05, 0.1) is 27.0 Å². The summed E-state index contributed by atoms with van der Waals surface area (Å²) in [6.07, 6.45) is 0. The Bertz CT molecular complexity index is 1250. The van der Waals surface area contributed by atoms with Gasteiger partial charge in [-0.1, -0.05) is 11.3 Å². The van der Waals surface area contributed by atoms with Crippen molar-refractivity contribution >= 4 is 39.3 Å². The monoisotopic (exact) mass is 476 g/mol. The molecule has 0 aliphatic heterocycles. The summed E-state index contributed by atoms with van der Waals surface area (Å²) in [5.74, 6) is 0.420. The van der Waals surface area contributed by atoms with Crippen LogP contribution in [0, 0.1) is 11.6 Å². The van der Waals surface area contributed by atoms with E-state index in [0.29, 0.717) is 43.6 Å². The Balaban J connectivity index is 1.63. The van der Waals surface area contributed by atoms with E-state index in [9.17, 15) is 8.78 Å². The molecule has 0 saturated carbocycles. The number of nitrogens with zero attached hydrogens (tertiary/aromatic N) is 2. The molecule has 2 aromatic carbocycles. The van der Waals surface area contributed by atoms with Crippen molar-refractivity contribution in [1.29, 1.82) is 0 Å². The molecule has 0 radical (unpaired) electrons. The third kappa shape index (κ3) is 4.16. The maximum absolute atomic E-state index is 14.1. The van der Waals surface area contributed by atoms with Crippen LogP contribution >= 0.6 is 22.7 Å². The number of ether oxygens (including phenoxy) is 3. The maximum atomic E-state index is 14.1. The fraction of sp³-hybridized carbons (Fsp3) is 0.143. The largest absolute Gasteiger partial charge is 0.493 e. The minimum absolute atomic E-state index is 0.216. The highest BCUT2D eigenvalue weighted by Crippen LogP contribution is 2.43. The number of hydrogen-bond acceptors (Lipinski definition) is 9. The summed E-state index contributed by atoms with van der Waals surface area (Å²) in [4.78, 5) is 9.46. The standard InChI is InChI=1S/C21H18F2N4O3S2/c1-28-15-7-11(8-16(29-2)17(15)30-3)25-21-27-19(24)18(32-21)20-26-14(9-31-20)12-5-4-10(22)6-13(12)23/h4-9H,24H2,1-3H3,(H,25,27). The number of nitrogens with one attached hydrogen (secondary N) is 1. The Kier molecular flexibility index (Phi) is 6.10. The van der Waals surface area contributed by atoms with Crippen LogP contribution in [0.4, 0.5) is 25.4 Å². The van der Waals surface area contributed by atoms with Crippen molar-refractivity contribution in [1.82, 2.24) is 9.97 Å². The lowest BCUT2D eigenvalue weighted by atomic mass is 10.1. The molecule has 0 amide bonds. The molecule has 0 aliphatic carbocycles. The van der Waals surface area contributed by atoms with E-state index in [1.807, 2.05) is 0 Å². The van der Waals surface area contributed by atoms with Gasteiger partial charge in [0.25, 0.3) is 0 Å². The Morgan fingerprint density at radius 1 is 0.969 bits per heavy atom. The number of hydrogen-bond donors (Lipinski definition) is 2. The minimum Gasteiger partial charge on any atom is -0.493 e. The van der Waals surface area contributed by atoms with Gasteiger partial charge in [0.1, 0.15) is 27.3 Å². The molecule has 4 aromatic rings. The minimum atomic E-state index is -0.677. The first-order valence-electron chi connectivity index (χ1n) is 9.18. The molecule has 32 heavy (non-hydrogen) atoms. The molecule has 0 unspecified atom stereocenters. The Hall–Kier alpha value is -3.44. The maximum Gasteiger partial charge on any atom is 0.203 e. The van der Waals surface area contributed by atoms with Crippen molar-refractivity contribution in [3.8, 4) is 38.4 Å². The van der Waals surface area contributed by atoms with Crippen molar-refractivity contribution in [2.75, 3.05) is 32.4 Å². The van der Waals surface area contributed by atoms with Gasteiger partial charge in [0.2, 0.25) is 5.75 Å². The van der Waals surface area contributed by atoms with E-state index in [4.69, 9.17) is 19.9 Å². The van der Waals surface area contributed by atoms with E-state index in [1.54, 1.807) is 17.5 Å². The van der Waals surface area contributed by atoms with Crippen LogP contribution in [0.5, 0.6) is 17.2 Å². The van der Waals surface area contributed by atoms with Crippen LogP contribution in [0.1, 0.15) is 0 Å². The predicted molar refractivity (Wildman–Crippen MR) is 122 cm³/mol. The smallest absolute Gasteiger partial charge is 0.203 e. The molecule has 2 heterocycles. The van der Waals surface area contributed by atoms with Crippen molar-refractivity contribution in [2.24, 2.45) is 0 Å². The highest BCUT2D eigenvalue weighted by Gasteiger charge is 2.18. The van der Waals surface area contributed by atoms with E-state index in [0.717, 1.165) is 6.07 Å². The lowest BCUT2D eigenvalue weighted by molar-refractivity contribution is 0.324. The summed E-state index contributed by atoms with van der Waals surface area (Å²) >= 11 is 2.59.